The van der Waals surface area contributed by atoms with Gasteiger partial charge >= 0.3 is 12.4 Å². The Kier molecular flexibility index (Phi) is 11.2. The first-order valence-corrected chi connectivity index (χ1v) is 17.0. The average molecular weight is 693 g/mol. The fourth-order valence-corrected chi connectivity index (χ4v) is 7.79. The number of piperazine rings is 1. The van der Waals surface area contributed by atoms with Crippen LogP contribution < -0.4 is 0 Å². The molecule has 46 heavy (non-hydrogen) atoms. The van der Waals surface area contributed by atoms with Crippen molar-refractivity contribution in [2.24, 2.45) is 0 Å². The number of likely N-dealkylation sites (tertiary alicyclic amines) is 1. The summed E-state index contributed by atoms with van der Waals surface area (Å²) in [6.07, 6.45) is -1.11. The number of hydrogen-bond donors (Lipinski definition) is 0. The van der Waals surface area contributed by atoms with Crippen molar-refractivity contribution in [3.05, 3.63) is 68.7 Å². The molecule has 12 heteroatoms. The second-order valence-electron chi connectivity index (χ2n) is 13.2. The third-order valence-electron chi connectivity index (χ3n) is 10.1. The summed E-state index contributed by atoms with van der Waals surface area (Å²) in [5.41, 5.74) is -2.73. The zero-order valence-electron chi connectivity index (χ0n) is 25.8. The molecule has 1 saturated carbocycles. The number of amides is 1. The predicted molar refractivity (Wildman–Crippen MR) is 168 cm³/mol. The van der Waals surface area contributed by atoms with E-state index in [0.29, 0.717) is 41.2 Å². The maximum atomic E-state index is 13.7. The normalized spacial score (nSPS) is 23.0. The average Bonchev–Trinajstić information content (AvgIpc) is 3.25. The van der Waals surface area contributed by atoms with Crippen LogP contribution in [0.5, 0.6) is 0 Å². The molecule has 3 aliphatic rings. The highest BCUT2D eigenvalue weighted by Crippen LogP contribution is 2.41. The Morgan fingerprint density at radius 2 is 1.43 bits per heavy atom. The lowest BCUT2D eigenvalue weighted by Crippen LogP contribution is -2.52. The summed E-state index contributed by atoms with van der Waals surface area (Å²) in [7, 11) is 0. The van der Waals surface area contributed by atoms with E-state index in [1.54, 1.807) is 11.0 Å². The second kappa shape index (κ2) is 14.6. The van der Waals surface area contributed by atoms with Crippen molar-refractivity contribution in [1.29, 1.82) is 0 Å². The molecule has 5 rings (SSSR count). The molecule has 0 aromatic heterocycles. The van der Waals surface area contributed by atoms with Gasteiger partial charge in [-0.15, -0.1) is 0 Å². The summed E-state index contributed by atoms with van der Waals surface area (Å²) in [4.78, 5) is 20.4. The number of benzene rings is 2. The standard InChI is InChI=1S/C34H41Cl2F6N3O/c35-29-9-8-25(22-30(29)36)32(11-13-43-14-16-44(17-15-43)28-6-2-1-3-7-28)10-4-5-12-45(23-32)31(46)20-24-18-26(33(37,38)39)21-27(19-24)34(40,41)42/h8-9,18-19,21-22,28H,1-7,10-17,20,23H2/t32-/m1/s1. The minimum Gasteiger partial charge on any atom is -0.342 e. The van der Waals surface area contributed by atoms with Crippen LogP contribution in [0.2, 0.25) is 10.0 Å². The molecule has 2 aromatic rings. The number of hydrogen-bond acceptors (Lipinski definition) is 3. The number of carbonyl (C=O) groups excluding carboxylic acids is 1. The summed E-state index contributed by atoms with van der Waals surface area (Å²) in [5, 5.41) is 0.802. The Morgan fingerprint density at radius 1 is 0.783 bits per heavy atom. The maximum absolute atomic E-state index is 13.7. The molecule has 0 N–H and O–H groups in total. The summed E-state index contributed by atoms with van der Waals surface area (Å²) < 4.78 is 81.0. The molecule has 2 aromatic carbocycles. The Bertz CT molecular complexity index is 1320. The highest BCUT2D eigenvalue weighted by molar-refractivity contribution is 6.42. The summed E-state index contributed by atoms with van der Waals surface area (Å²) in [6, 6.07) is 7.54. The second-order valence-corrected chi connectivity index (χ2v) is 14.0. The van der Waals surface area contributed by atoms with Gasteiger partial charge in [-0.1, -0.05) is 55.0 Å². The highest BCUT2D eigenvalue weighted by Gasteiger charge is 2.40. The minimum atomic E-state index is -4.98. The first-order valence-electron chi connectivity index (χ1n) is 16.2. The number of halogens is 8. The fourth-order valence-electron chi connectivity index (χ4n) is 7.49. The predicted octanol–water partition coefficient (Wildman–Crippen LogP) is 8.86. The van der Waals surface area contributed by atoms with Gasteiger partial charge in [-0.25, -0.2) is 0 Å². The van der Waals surface area contributed by atoms with Crippen LogP contribution in [0.1, 0.15) is 80.0 Å². The first-order chi connectivity index (χ1) is 21.7. The Labute approximate surface area is 277 Å². The van der Waals surface area contributed by atoms with Gasteiger partial charge in [0.2, 0.25) is 5.91 Å². The Morgan fingerprint density at radius 3 is 2.04 bits per heavy atom. The van der Waals surface area contributed by atoms with E-state index in [-0.39, 0.29) is 18.2 Å². The zero-order chi connectivity index (χ0) is 33.1. The first kappa shape index (κ1) is 35.3. The van der Waals surface area contributed by atoms with Crippen LogP contribution in [-0.2, 0) is 29.0 Å². The molecule has 254 valence electrons. The number of nitrogens with zero attached hydrogens (tertiary/aromatic N) is 3. The molecule has 2 saturated heterocycles. The van der Waals surface area contributed by atoms with Crippen LogP contribution in [-0.4, -0.2) is 72.5 Å². The largest absolute Gasteiger partial charge is 0.416 e. The monoisotopic (exact) mass is 691 g/mol. The van der Waals surface area contributed by atoms with Gasteiger partial charge in [0.1, 0.15) is 0 Å². The zero-order valence-corrected chi connectivity index (χ0v) is 27.3. The van der Waals surface area contributed by atoms with E-state index < -0.39 is 41.2 Å². The van der Waals surface area contributed by atoms with E-state index in [2.05, 4.69) is 9.80 Å². The van der Waals surface area contributed by atoms with Gasteiger partial charge in [-0.2, -0.15) is 26.3 Å². The fraction of sp³-hybridized carbons (Fsp3) is 0.618. The third kappa shape index (κ3) is 8.71. The molecule has 0 unspecified atom stereocenters. The lowest BCUT2D eigenvalue weighted by atomic mass is 9.73. The van der Waals surface area contributed by atoms with Crippen LogP contribution >= 0.6 is 23.2 Å². The van der Waals surface area contributed by atoms with Gasteiger partial charge in [-0.05, 0) is 80.1 Å². The van der Waals surface area contributed by atoms with Gasteiger partial charge in [0.25, 0.3) is 0 Å². The van der Waals surface area contributed by atoms with Crippen LogP contribution in [0.4, 0.5) is 26.3 Å². The number of carbonyl (C=O) groups is 1. The van der Waals surface area contributed by atoms with E-state index in [1.807, 2.05) is 12.1 Å². The van der Waals surface area contributed by atoms with Crippen LogP contribution in [0.15, 0.2) is 36.4 Å². The lowest BCUT2D eigenvalue weighted by molar-refractivity contribution is -0.143. The molecule has 0 bridgehead atoms. The Balaban J connectivity index is 1.35. The van der Waals surface area contributed by atoms with Gasteiger partial charge in [-0.3, -0.25) is 9.69 Å². The van der Waals surface area contributed by atoms with Crippen molar-refractivity contribution in [1.82, 2.24) is 14.7 Å². The quantitative estimate of drug-likeness (QED) is 0.272. The van der Waals surface area contributed by atoms with Crippen molar-refractivity contribution in [2.45, 2.75) is 88.0 Å². The van der Waals surface area contributed by atoms with E-state index in [9.17, 15) is 31.1 Å². The molecular weight excluding hydrogens is 651 g/mol. The highest BCUT2D eigenvalue weighted by atomic mass is 35.5. The number of rotatable bonds is 7. The SMILES string of the molecule is O=C(Cc1cc(C(F)(F)F)cc(C(F)(F)F)c1)N1CCCC[C@](CCN2CCN(C3CCCCC3)CC2)(c2ccc(Cl)c(Cl)c2)C1. The van der Waals surface area contributed by atoms with Gasteiger partial charge in [0, 0.05) is 50.7 Å². The molecule has 2 aliphatic heterocycles. The topological polar surface area (TPSA) is 26.8 Å². The molecule has 2 heterocycles. The molecular formula is C34H41Cl2F6N3O. The third-order valence-corrected chi connectivity index (χ3v) is 10.9. The van der Waals surface area contributed by atoms with Crippen LogP contribution in [0, 0.1) is 0 Å². The van der Waals surface area contributed by atoms with Crippen molar-refractivity contribution < 1.29 is 31.1 Å². The van der Waals surface area contributed by atoms with E-state index in [4.69, 9.17) is 23.2 Å². The molecule has 0 spiro atoms. The van der Waals surface area contributed by atoms with E-state index >= 15 is 0 Å². The molecule has 1 aliphatic carbocycles. The smallest absolute Gasteiger partial charge is 0.342 e. The summed E-state index contributed by atoms with van der Waals surface area (Å²) in [5.74, 6) is -0.500. The summed E-state index contributed by atoms with van der Waals surface area (Å²) in [6.45, 7) is 5.40. The van der Waals surface area contributed by atoms with Crippen molar-refractivity contribution in [3.8, 4) is 0 Å². The Hall–Kier alpha value is -2.01. The van der Waals surface area contributed by atoms with Gasteiger partial charge in [0.15, 0.2) is 0 Å². The molecule has 3 fully saturated rings. The molecule has 0 radical (unpaired) electrons. The van der Waals surface area contributed by atoms with Gasteiger partial charge < -0.3 is 9.80 Å². The summed E-state index contributed by atoms with van der Waals surface area (Å²) >= 11 is 12.7. The van der Waals surface area contributed by atoms with Crippen molar-refractivity contribution in [3.63, 3.8) is 0 Å². The van der Waals surface area contributed by atoms with Crippen molar-refractivity contribution in [2.75, 3.05) is 45.8 Å². The molecule has 4 nitrogen and oxygen atoms in total. The molecule has 1 amide bonds. The van der Waals surface area contributed by atoms with Gasteiger partial charge in [0.05, 0.1) is 27.6 Å². The maximum Gasteiger partial charge on any atom is 0.416 e. The van der Waals surface area contributed by atoms with E-state index in [1.165, 1.54) is 32.1 Å². The van der Waals surface area contributed by atoms with Crippen molar-refractivity contribution >= 4 is 29.1 Å². The number of alkyl halides is 6. The lowest BCUT2D eigenvalue weighted by Gasteiger charge is -2.43. The van der Waals surface area contributed by atoms with Crippen LogP contribution in [0.25, 0.3) is 0 Å². The molecule has 1 atom stereocenters. The minimum absolute atomic E-state index is 0.0875. The van der Waals surface area contributed by atoms with Crippen LogP contribution in [0.3, 0.4) is 0 Å². The van der Waals surface area contributed by atoms with E-state index in [0.717, 1.165) is 57.5 Å².